The molecule has 1 N–H and O–H groups in total. The number of nitrogens with zero attached hydrogens (tertiary/aromatic N) is 1. The van der Waals surface area contributed by atoms with Crippen LogP contribution in [0, 0.1) is 12.8 Å². The molecular formula is C21H21F3N2O2. The van der Waals surface area contributed by atoms with Crippen molar-refractivity contribution in [2.45, 2.75) is 32.6 Å². The highest BCUT2D eigenvalue weighted by Gasteiger charge is 2.35. The number of nitrogens with one attached hydrogen (secondary N) is 1. The maximum Gasteiger partial charge on any atom is 0.416 e. The molecule has 1 fully saturated rings. The normalized spacial score (nSPS) is 17.1. The first-order valence-corrected chi connectivity index (χ1v) is 8.99. The van der Waals surface area contributed by atoms with Crippen LogP contribution in [0.5, 0.6) is 0 Å². The maximum atomic E-state index is 12.8. The Balaban J connectivity index is 1.57. The molecule has 1 atom stereocenters. The summed E-state index contributed by atoms with van der Waals surface area (Å²) in [6.07, 6.45) is -4.36. The summed E-state index contributed by atoms with van der Waals surface area (Å²) in [7, 11) is 0. The molecule has 1 saturated heterocycles. The van der Waals surface area contributed by atoms with Crippen LogP contribution in [-0.2, 0) is 28.9 Å². The molecule has 4 nitrogen and oxygen atoms in total. The first-order chi connectivity index (χ1) is 13.2. The fraction of sp³-hybridized carbons (Fsp3) is 0.333. The van der Waals surface area contributed by atoms with E-state index >= 15 is 0 Å². The van der Waals surface area contributed by atoms with E-state index in [1.807, 2.05) is 31.2 Å². The van der Waals surface area contributed by atoms with Crippen LogP contribution in [0.15, 0.2) is 48.5 Å². The molecule has 3 rings (SSSR count). The van der Waals surface area contributed by atoms with Crippen LogP contribution >= 0.6 is 0 Å². The lowest BCUT2D eigenvalue weighted by molar-refractivity contribution is -0.137. The minimum atomic E-state index is -4.43. The zero-order valence-electron chi connectivity index (χ0n) is 15.4. The average Bonchev–Trinajstić information content (AvgIpc) is 3.01. The first-order valence-electron chi connectivity index (χ1n) is 8.99. The highest BCUT2D eigenvalue weighted by molar-refractivity contribution is 5.89. The lowest BCUT2D eigenvalue weighted by Crippen LogP contribution is -2.32. The topological polar surface area (TPSA) is 49.4 Å². The Labute approximate surface area is 161 Å². The molecule has 1 unspecified atom stereocenters. The van der Waals surface area contributed by atoms with Crippen molar-refractivity contribution in [3.63, 3.8) is 0 Å². The summed E-state index contributed by atoms with van der Waals surface area (Å²) in [5.74, 6) is -0.947. The summed E-state index contributed by atoms with van der Waals surface area (Å²) >= 11 is 0. The molecule has 1 aliphatic rings. The SMILES string of the molecule is Cc1ccc(CNC(=O)C2CC(=O)N(Cc3cccc(C(F)(F)F)c3)C2)cc1. The van der Waals surface area contributed by atoms with Gasteiger partial charge in [0.1, 0.15) is 0 Å². The van der Waals surface area contributed by atoms with Crippen LogP contribution in [0.1, 0.15) is 28.7 Å². The van der Waals surface area contributed by atoms with E-state index in [-0.39, 0.29) is 31.3 Å². The Bertz CT molecular complexity index is 863. The zero-order valence-corrected chi connectivity index (χ0v) is 15.4. The van der Waals surface area contributed by atoms with Gasteiger partial charge in [-0.3, -0.25) is 9.59 Å². The molecule has 0 bridgehead atoms. The maximum absolute atomic E-state index is 12.8. The second kappa shape index (κ2) is 8.04. The third kappa shape index (κ3) is 4.91. The van der Waals surface area contributed by atoms with Gasteiger partial charge in [-0.15, -0.1) is 0 Å². The molecular weight excluding hydrogens is 369 g/mol. The van der Waals surface area contributed by atoms with Gasteiger partial charge in [-0.05, 0) is 30.2 Å². The molecule has 0 radical (unpaired) electrons. The molecule has 2 aromatic carbocycles. The van der Waals surface area contributed by atoms with Crippen molar-refractivity contribution in [1.82, 2.24) is 10.2 Å². The lowest BCUT2D eigenvalue weighted by atomic mass is 10.1. The predicted molar refractivity (Wildman–Crippen MR) is 98.0 cm³/mol. The van der Waals surface area contributed by atoms with E-state index in [4.69, 9.17) is 0 Å². The van der Waals surface area contributed by atoms with Crippen LogP contribution in [0.4, 0.5) is 13.2 Å². The smallest absolute Gasteiger partial charge is 0.352 e. The van der Waals surface area contributed by atoms with E-state index in [1.54, 1.807) is 6.07 Å². The number of rotatable bonds is 5. The molecule has 2 amide bonds. The van der Waals surface area contributed by atoms with E-state index < -0.39 is 17.7 Å². The van der Waals surface area contributed by atoms with Gasteiger partial charge in [0.25, 0.3) is 0 Å². The monoisotopic (exact) mass is 390 g/mol. The summed E-state index contributed by atoms with van der Waals surface area (Å²) in [6, 6.07) is 12.7. The molecule has 0 spiro atoms. The van der Waals surface area contributed by atoms with Gasteiger partial charge in [-0.1, -0.05) is 42.0 Å². The van der Waals surface area contributed by atoms with Crippen molar-refractivity contribution in [2.24, 2.45) is 5.92 Å². The Kier molecular flexibility index (Phi) is 5.72. The largest absolute Gasteiger partial charge is 0.416 e. The third-order valence-corrected chi connectivity index (χ3v) is 4.80. The highest BCUT2D eigenvalue weighted by atomic mass is 19.4. The summed E-state index contributed by atoms with van der Waals surface area (Å²) in [4.78, 5) is 26.0. The van der Waals surface area contributed by atoms with E-state index in [1.165, 1.54) is 11.0 Å². The summed E-state index contributed by atoms with van der Waals surface area (Å²) in [5, 5.41) is 2.83. The molecule has 1 heterocycles. The van der Waals surface area contributed by atoms with E-state index in [0.29, 0.717) is 12.1 Å². The van der Waals surface area contributed by atoms with E-state index in [9.17, 15) is 22.8 Å². The Hall–Kier alpha value is -2.83. The molecule has 0 aliphatic carbocycles. The quantitative estimate of drug-likeness (QED) is 0.847. The lowest BCUT2D eigenvalue weighted by Gasteiger charge is -2.17. The van der Waals surface area contributed by atoms with Crippen LogP contribution in [-0.4, -0.2) is 23.3 Å². The third-order valence-electron chi connectivity index (χ3n) is 4.80. The number of amides is 2. The number of likely N-dealkylation sites (tertiary alicyclic amines) is 1. The number of benzene rings is 2. The molecule has 2 aromatic rings. The van der Waals surface area contributed by atoms with Crippen LogP contribution in [0.2, 0.25) is 0 Å². The minimum absolute atomic E-state index is 0.0600. The van der Waals surface area contributed by atoms with Crippen molar-refractivity contribution in [1.29, 1.82) is 0 Å². The fourth-order valence-electron chi connectivity index (χ4n) is 3.21. The van der Waals surface area contributed by atoms with Gasteiger partial charge in [0.15, 0.2) is 0 Å². The standard InChI is InChI=1S/C21H21F3N2O2/c1-14-5-7-15(8-6-14)11-25-20(28)17-10-19(27)26(13-17)12-16-3-2-4-18(9-16)21(22,23)24/h2-9,17H,10-13H2,1H3,(H,25,28). The predicted octanol–water partition coefficient (Wildman–Crippen LogP) is 3.68. The highest BCUT2D eigenvalue weighted by Crippen LogP contribution is 2.30. The number of hydrogen-bond acceptors (Lipinski definition) is 2. The number of alkyl halides is 3. The van der Waals surface area contributed by atoms with Crippen molar-refractivity contribution >= 4 is 11.8 Å². The van der Waals surface area contributed by atoms with Gasteiger partial charge in [0, 0.05) is 26.1 Å². The Morgan fingerprint density at radius 3 is 2.54 bits per heavy atom. The average molecular weight is 390 g/mol. The number of carbonyl (C=O) groups excluding carboxylic acids is 2. The summed E-state index contributed by atoms with van der Waals surface area (Å²) < 4.78 is 38.5. The number of hydrogen-bond donors (Lipinski definition) is 1. The number of aryl methyl sites for hydroxylation is 1. The van der Waals surface area contributed by atoms with Crippen molar-refractivity contribution < 1.29 is 22.8 Å². The van der Waals surface area contributed by atoms with E-state index in [0.717, 1.165) is 23.3 Å². The molecule has 1 aliphatic heterocycles. The Morgan fingerprint density at radius 2 is 1.86 bits per heavy atom. The second-order valence-corrected chi connectivity index (χ2v) is 7.08. The summed E-state index contributed by atoms with van der Waals surface area (Å²) in [5.41, 5.74) is 1.73. The summed E-state index contributed by atoms with van der Waals surface area (Å²) in [6.45, 7) is 2.61. The van der Waals surface area contributed by atoms with Crippen molar-refractivity contribution in [3.05, 3.63) is 70.8 Å². The van der Waals surface area contributed by atoms with Gasteiger partial charge >= 0.3 is 6.18 Å². The Morgan fingerprint density at radius 1 is 1.14 bits per heavy atom. The second-order valence-electron chi connectivity index (χ2n) is 7.08. The molecule has 28 heavy (non-hydrogen) atoms. The van der Waals surface area contributed by atoms with Gasteiger partial charge in [0.05, 0.1) is 11.5 Å². The van der Waals surface area contributed by atoms with Gasteiger partial charge in [-0.25, -0.2) is 0 Å². The van der Waals surface area contributed by atoms with Crippen LogP contribution in [0.25, 0.3) is 0 Å². The molecule has 0 aromatic heterocycles. The van der Waals surface area contributed by atoms with Crippen molar-refractivity contribution in [3.8, 4) is 0 Å². The van der Waals surface area contributed by atoms with Crippen LogP contribution < -0.4 is 5.32 Å². The minimum Gasteiger partial charge on any atom is -0.352 e. The van der Waals surface area contributed by atoms with Gasteiger partial charge < -0.3 is 10.2 Å². The molecule has 148 valence electrons. The van der Waals surface area contributed by atoms with Gasteiger partial charge in [-0.2, -0.15) is 13.2 Å². The van der Waals surface area contributed by atoms with Crippen LogP contribution in [0.3, 0.4) is 0 Å². The molecule has 7 heteroatoms. The van der Waals surface area contributed by atoms with E-state index in [2.05, 4.69) is 5.32 Å². The number of carbonyl (C=O) groups is 2. The number of halogens is 3. The van der Waals surface area contributed by atoms with Gasteiger partial charge in [0.2, 0.25) is 11.8 Å². The first kappa shape index (κ1) is 19.9. The molecule has 0 saturated carbocycles. The van der Waals surface area contributed by atoms with Crippen molar-refractivity contribution in [2.75, 3.05) is 6.54 Å². The fourth-order valence-corrected chi connectivity index (χ4v) is 3.21. The zero-order chi connectivity index (χ0) is 20.3.